The van der Waals surface area contributed by atoms with Crippen LogP contribution in [-0.4, -0.2) is 81.5 Å². The van der Waals surface area contributed by atoms with E-state index in [1.165, 1.54) is 0 Å². The molecule has 3 aromatic rings. The van der Waals surface area contributed by atoms with Crippen LogP contribution in [0.3, 0.4) is 0 Å². The third-order valence-corrected chi connectivity index (χ3v) is 10.1. The van der Waals surface area contributed by atoms with Crippen molar-refractivity contribution in [2.24, 2.45) is 5.92 Å². The van der Waals surface area contributed by atoms with Gasteiger partial charge in [-0.3, -0.25) is 9.88 Å². The number of rotatable bonds is 5. The number of nitrogens with zero attached hydrogens (tertiary/aromatic N) is 5. The summed E-state index contributed by atoms with van der Waals surface area (Å²) >= 11 is 0. The van der Waals surface area contributed by atoms with E-state index in [2.05, 4.69) is 32.0 Å². The Balaban J connectivity index is 1.23. The van der Waals surface area contributed by atoms with Crippen molar-refractivity contribution in [3.63, 3.8) is 0 Å². The van der Waals surface area contributed by atoms with E-state index in [0.29, 0.717) is 47.7 Å². The minimum absolute atomic E-state index is 0.112. The number of nitrogens with one attached hydrogen (secondary N) is 1. The number of piperazine rings is 1. The number of alkyl halides is 1. The molecule has 1 unspecified atom stereocenters. The van der Waals surface area contributed by atoms with Crippen molar-refractivity contribution in [1.29, 1.82) is 0 Å². The van der Waals surface area contributed by atoms with Crippen LogP contribution in [0.4, 0.5) is 14.6 Å². The zero-order chi connectivity index (χ0) is 27.9. The molecule has 0 saturated carbocycles. The first-order chi connectivity index (χ1) is 19.8. The van der Waals surface area contributed by atoms with E-state index in [4.69, 9.17) is 9.72 Å². The van der Waals surface area contributed by atoms with Crippen LogP contribution in [0.1, 0.15) is 50.2 Å². The molecule has 216 valence electrons. The van der Waals surface area contributed by atoms with Crippen LogP contribution >= 0.6 is 0 Å². The Labute approximate surface area is 238 Å². The maximum Gasteiger partial charge on any atom is 0.319 e. The molecule has 4 saturated heterocycles. The van der Waals surface area contributed by atoms with Gasteiger partial charge in [0.15, 0.2) is 5.82 Å². The number of halogens is 2. The highest BCUT2D eigenvalue weighted by Crippen LogP contribution is 2.42. The predicted molar refractivity (Wildman–Crippen MR) is 152 cm³/mol. The van der Waals surface area contributed by atoms with Crippen molar-refractivity contribution < 1.29 is 18.6 Å². The van der Waals surface area contributed by atoms with Crippen LogP contribution in [0.5, 0.6) is 11.8 Å². The largest absolute Gasteiger partial charge is 0.508 e. The number of phenolic OH excluding ortho intramolecular Hbond substituents is 1. The van der Waals surface area contributed by atoms with E-state index in [1.807, 2.05) is 0 Å². The van der Waals surface area contributed by atoms with E-state index in [-0.39, 0.29) is 35.1 Å². The molecule has 0 amide bonds. The van der Waals surface area contributed by atoms with Crippen molar-refractivity contribution in [1.82, 2.24) is 25.2 Å². The summed E-state index contributed by atoms with van der Waals surface area (Å²) in [6.07, 6.45) is 7.01. The van der Waals surface area contributed by atoms with Crippen molar-refractivity contribution >= 4 is 16.7 Å². The van der Waals surface area contributed by atoms with E-state index >= 15 is 4.39 Å². The molecular weight excluding hydrogens is 526 g/mol. The zero-order valence-corrected chi connectivity index (χ0v) is 23.4. The molecule has 2 N–H and O–H groups in total. The van der Waals surface area contributed by atoms with Crippen LogP contribution in [0.25, 0.3) is 22.2 Å². The normalized spacial score (nSPS) is 30.8. The second-order valence-electron chi connectivity index (χ2n) is 13.1. The number of pyridine rings is 1. The molecule has 2 aromatic heterocycles. The Morgan fingerprint density at radius 1 is 1.15 bits per heavy atom. The number of hydrogen-bond donors (Lipinski definition) is 2. The van der Waals surface area contributed by atoms with Crippen molar-refractivity contribution in [3.05, 3.63) is 35.3 Å². The lowest BCUT2D eigenvalue weighted by Gasteiger charge is -2.34. The molecule has 2 bridgehead atoms. The van der Waals surface area contributed by atoms with Crippen LogP contribution in [0.2, 0.25) is 0 Å². The van der Waals surface area contributed by atoms with Crippen LogP contribution in [0, 0.1) is 11.7 Å². The summed E-state index contributed by atoms with van der Waals surface area (Å²) in [5.41, 5.74) is 2.69. The van der Waals surface area contributed by atoms with Gasteiger partial charge in [-0.05, 0) is 74.2 Å². The van der Waals surface area contributed by atoms with Crippen molar-refractivity contribution in [2.75, 3.05) is 37.7 Å². The summed E-state index contributed by atoms with van der Waals surface area (Å²) in [7, 11) is 0. The summed E-state index contributed by atoms with van der Waals surface area (Å²) in [6, 6.07) is 4.24. The first-order valence-electron chi connectivity index (χ1n) is 15.1. The second-order valence-corrected chi connectivity index (χ2v) is 13.1. The average Bonchev–Trinajstić information content (AvgIpc) is 3.68. The number of aromatic hydroxyl groups is 1. The van der Waals surface area contributed by atoms with Gasteiger partial charge >= 0.3 is 6.01 Å². The van der Waals surface area contributed by atoms with E-state index in [1.54, 1.807) is 18.3 Å². The Bertz CT molecular complexity index is 1520. The molecule has 1 aliphatic carbocycles. The number of fused-ring (bicyclic) bond motifs is 5. The van der Waals surface area contributed by atoms with Crippen LogP contribution in [-0.2, 0) is 12.8 Å². The maximum atomic E-state index is 16.6. The number of phenols is 1. The summed E-state index contributed by atoms with van der Waals surface area (Å²) in [5.74, 6) is 0.625. The number of benzene rings is 1. The fourth-order valence-corrected chi connectivity index (χ4v) is 8.28. The van der Waals surface area contributed by atoms with Gasteiger partial charge in [0.05, 0.1) is 10.9 Å². The minimum atomic E-state index is -0.860. The zero-order valence-electron chi connectivity index (χ0n) is 23.4. The quantitative estimate of drug-likeness (QED) is 0.480. The maximum absolute atomic E-state index is 16.6. The van der Waals surface area contributed by atoms with Gasteiger partial charge in [0.1, 0.15) is 35.6 Å². The van der Waals surface area contributed by atoms with E-state index < -0.39 is 12.0 Å². The van der Waals surface area contributed by atoms with Crippen molar-refractivity contribution in [3.8, 4) is 23.0 Å². The van der Waals surface area contributed by atoms with Gasteiger partial charge in [0.2, 0.25) is 0 Å². The van der Waals surface area contributed by atoms with Gasteiger partial charge in [0.25, 0.3) is 0 Å². The first-order valence-corrected chi connectivity index (χ1v) is 15.1. The fraction of sp³-hybridized carbons (Fsp3) is 0.581. The van der Waals surface area contributed by atoms with Crippen LogP contribution < -0.4 is 15.0 Å². The molecule has 0 spiro atoms. The average molecular weight is 563 g/mol. The molecular formula is C31H36F2N6O2. The van der Waals surface area contributed by atoms with Gasteiger partial charge in [0, 0.05) is 49.9 Å². The van der Waals surface area contributed by atoms with Gasteiger partial charge in [-0.25, -0.2) is 8.78 Å². The van der Waals surface area contributed by atoms with Gasteiger partial charge < -0.3 is 20.1 Å². The molecule has 5 aliphatic rings. The van der Waals surface area contributed by atoms with E-state index in [9.17, 15) is 9.50 Å². The first kappa shape index (κ1) is 25.6. The highest BCUT2D eigenvalue weighted by atomic mass is 19.1. The predicted octanol–water partition coefficient (Wildman–Crippen LogP) is 4.17. The highest BCUT2D eigenvalue weighted by Gasteiger charge is 2.49. The standard InChI is InChI=1S/C31H36F2N6O2/c1-17-7-18-9-22(40)10-24(23(18)8-17)27-26(33)28-25(12-34-27)29(38-14-20-3-4-21(15-38)35-20)37-30(36-28)41-16-31-5-2-6-39(31)13-19(32)11-31/h9-10,12,17,19-21,35,40H,2-8,11,13-16H2,1H3/t17?,19-,20-,21+,31+/m1/s1. The molecule has 4 fully saturated rings. The Hall–Kier alpha value is -3.11. The Morgan fingerprint density at radius 2 is 1.98 bits per heavy atom. The Kier molecular flexibility index (Phi) is 5.90. The summed E-state index contributed by atoms with van der Waals surface area (Å²) in [4.78, 5) is 18.5. The summed E-state index contributed by atoms with van der Waals surface area (Å²) in [6.45, 7) is 5.29. The molecule has 10 heteroatoms. The topological polar surface area (TPSA) is 86.6 Å². The van der Waals surface area contributed by atoms with E-state index in [0.717, 1.165) is 69.3 Å². The summed E-state index contributed by atoms with van der Waals surface area (Å²) < 4.78 is 37.2. The van der Waals surface area contributed by atoms with Gasteiger partial charge in [-0.15, -0.1) is 0 Å². The lowest BCUT2D eigenvalue weighted by atomic mass is 9.95. The SMILES string of the molecule is CC1Cc2cc(O)cc(-c3ncc4c(N5C[C@H]6CC[C@@H](C5)N6)nc(OC[C@@]56CCCN5C[C@H](F)C6)nc4c3F)c2C1. The molecule has 8 rings (SSSR count). The number of hydrogen-bond acceptors (Lipinski definition) is 8. The smallest absolute Gasteiger partial charge is 0.319 e. The van der Waals surface area contributed by atoms with Crippen LogP contribution in [0.15, 0.2) is 18.3 Å². The Morgan fingerprint density at radius 3 is 2.80 bits per heavy atom. The molecule has 8 nitrogen and oxygen atoms in total. The molecule has 1 aromatic carbocycles. The van der Waals surface area contributed by atoms with Gasteiger partial charge in [-0.1, -0.05) is 6.92 Å². The van der Waals surface area contributed by atoms with Gasteiger partial charge in [-0.2, -0.15) is 9.97 Å². The number of anilines is 1. The summed E-state index contributed by atoms with van der Waals surface area (Å²) in [5, 5.41) is 14.7. The number of ether oxygens (including phenoxy) is 1. The second kappa shape index (κ2) is 9.46. The fourth-order valence-electron chi connectivity index (χ4n) is 8.28. The monoisotopic (exact) mass is 562 g/mol. The molecule has 5 atom stereocenters. The molecule has 41 heavy (non-hydrogen) atoms. The molecule has 6 heterocycles. The molecule has 0 radical (unpaired) electrons. The molecule has 4 aliphatic heterocycles. The number of aromatic nitrogens is 3. The minimum Gasteiger partial charge on any atom is -0.508 e. The lowest BCUT2D eigenvalue weighted by Crippen LogP contribution is -2.51. The van der Waals surface area contributed by atoms with Crippen molar-refractivity contribution in [2.45, 2.75) is 75.7 Å². The highest BCUT2D eigenvalue weighted by molar-refractivity contribution is 5.92. The third-order valence-electron chi connectivity index (χ3n) is 10.1. The third kappa shape index (κ3) is 4.24. The lowest BCUT2D eigenvalue weighted by molar-refractivity contribution is 0.107.